The monoisotopic (exact) mass is 282 g/mol. The van der Waals surface area contributed by atoms with Gasteiger partial charge in [0.25, 0.3) is 0 Å². The Morgan fingerprint density at radius 1 is 1.24 bits per heavy atom. The first-order valence-corrected chi connectivity index (χ1v) is 7.24. The Kier molecular flexibility index (Phi) is 4.41. The summed E-state index contributed by atoms with van der Waals surface area (Å²) in [6.45, 7) is 9.78. The molecule has 0 saturated heterocycles. The number of benzene rings is 1. The molecule has 110 valence electrons. The number of carbonyl (C=O) groups is 1. The molecule has 0 spiro atoms. The van der Waals surface area contributed by atoms with E-state index in [1.54, 1.807) is 6.92 Å². The minimum absolute atomic E-state index is 0.130. The summed E-state index contributed by atoms with van der Waals surface area (Å²) in [7, 11) is 0. The maximum Gasteiger partial charge on any atom is 0.156 e. The van der Waals surface area contributed by atoms with Crippen molar-refractivity contribution in [1.29, 1.82) is 0 Å². The molecule has 0 radical (unpaired) electrons. The molecule has 0 unspecified atom stereocenters. The second-order valence-corrected chi connectivity index (χ2v) is 5.76. The summed E-state index contributed by atoms with van der Waals surface area (Å²) in [4.78, 5) is 11.8. The number of aryl methyl sites for hydroxylation is 1. The molecular formula is C18H22N2O. The zero-order chi connectivity index (χ0) is 15.6. The number of nitrogens with zero attached hydrogens (tertiary/aromatic N) is 2. The molecule has 1 heterocycles. The summed E-state index contributed by atoms with van der Waals surface area (Å²) in [6.07, 6.45) is 3.80. The van der Waals surface area contributed by atoms with Crippen LogP contribution in [0.4, 0.5) is 0 Å². The maximum atomic E-state index is 11.8. The average Bonchev–Trinajstić information content (AvgIpc) is 2.87. The van der Waals surface area contributed by atoms with E-state index in [2.05, 4.69) is 24.2 Å². The van der Waals surface area contributed by atoms with Crippen LogP contribution in [0.25, 0.3) is 11.3 Å². The lowest BCUT2D eigenvalue weighted by atomic mass is 9.92. The van der Waals surface area contributed by atoms with Gasteiger partial charge in [-0.25, -0.2) is 4.68 Å². The molecule has 1 aromatic heterocycles. The zero-order valence-corrected chi connectivity index (χ0v) is 13.3. The van der Waals surface area contributed by atoms with Crippen LogP contribution < -0.4 is 0 Å². The highest BCUT2D eigenvalue weighted by Crippen LogP contribution is 2.24. The third kappa shape index (κ3) is 3.30. The third-order valence-corrected chi connectivity index (χ3v) is 3.64. The van der Waals surface area contributed by atoms with E-state index in [0.717, 1.165) is 22.4 Å². The Morgan fingerprint density at radius 2 is 1.95 bits per heavy atom. The molecule has 0 amide bonds. The second-order valence-electron chi connectivity index (χ2n) is 5.76. The first-order chi connectivity index (χ1) is 9.90. The first kappa shape index (κ1) is 15.2. The Labute approximate surface area is 126 Å². The fraction of sp³-hybridized carbons (Fsp3) is 0.333. The van der Waals surface area contributed by atoms with Gasteiger partial charge in [-0.1, -0.05) is 26.0 Å². The van der Waals surface area contributed by atoms with Gasteiger partial charge in [0.2, 0.25) is 0 Å². The number of Topliss-reactive ketones (excluding diaryl/α,β-unsaturated/α-hetero) is 1. The molecule has 2 rings (SSSR count). The fourth-order valence-corrected chi connectivity index (χ4v) is 2.69. The zero-order valence-electron chi connectivity index (χ0n) is 13.3. The molecule has 0 fully saturated rings. The van der Waals surface area contributed by atoms with Gasteiger partial charge in [0.1, 0.15) is 0 Å². The lowest BCUT2D eigenvalue weighted by Gasteiger charge is -2.11. The number of carbonyl (C=O) groups excluding carboxylic acids is 1. The van der Waals surface area contributed by atoms with Gasteiger partial charge >= 0.3 is 0 Å². The van der Waals surface area contributed by atoms with Crippen LogP contribution in [0, 0.1) is 12.8 Å². The van der Waals surface area contributed by atoms with Gasteiger partial charge in [-0.15, -0.1) is 0 Å². The van der Waals surface area contributed by atoms with Gasteiger partial charge in [-0.3, -0.25) is 4.79 Å². The van der Waals surface area contributed by atoms with Crippen molar-refractivity contribution in [2.24, 2.45) is 5.92 Å². The van der Waals surface area contributed by atoms with Crippen molar-refractivity contribution in [3.8, 4) is 5.69 Å². The highest BCUT2D eigenvalue weighted by Gasteiger charge is 2.15. The van der Waals surface area contributed by atoms with Gasteiger partial charge in [-0.2, -0.15) is 5.10 Å². The average molecular weight is 282 g/mol. The topological polar surface area (TPSA) is 34.9 Å². The Bertz CT molecular complexity index is 693. The third-order valence-electron chi connectivity index (χ3n) is 3.64. The molecule has 0 saturated carbocycles. The molecule has 0 N–H and O–H groups in total. The first-order valence-electron chi connectivity index (χ1n) is 7.24. The van der Waals surface area contributed by atoms with Crippen LogP contribution >= 0.6 is 0 Å². The minimum atomic E-state index is 0.130. The molecule has 0 aliphatic heterocycles. The summed E-state index contributed by atoms with van der Waals surface area (Å²) in [5.41, 5.74) is 5.11. The maximum absolute atomic E-state index is 11.8. The van der Waals surface area contributed by atoms with E-state index >= 15 is 0 Å². The van der Waals surface area contributed by atoms with Crippen molar-refractivity contribution in [3.63, 3.8) is 0 Å². The van der Waals surface area contributed by atoms with Gasteiger partial charge in [0.05, 0.1) is 11.9 Å². The van der Waals surface area contributed by atoms with E-state index in [1.165, 1.54) is 5.56 Å². The largest absolute Gasteiger partial charge is 0.295 e. The standard InChI is InChI=1S/C18H22N2O/c1-12(2)18(15(5)21)14(4)16-10-19-20(11-16)17-8-6-7-13(3)9-17/h6-12H,1-5H3. The van der Waals surface area contributed by atoms with E-state index < -0.39 is 0 Å². The second kappa shape index (κ2) is 6.08. The predicted octanol–water partition coefficient (Wildman–Crippen LogP) is 4.20. The van der Waals surface area contributed by atoms with E-state index in [0.29, 0.717) is 0 Å². The summed E-state index contributed by atoms with van der Waals surface area (Å²) in [5.74, 6) is 0.343. The van der Waals surface area contributed by atoms with Crippen molar-refractivity contribution in [1.82, 2.24) is 9.78 Å². The lowest BCUT2D eigenvalue weighted by Crippen LogP contribution is -2.06. The van der Waals surface area contributed by atoms with Crippen molar-refractivity contribution in [3.05, 3.63) is 53.4 Å². The van der Waals surface area contributed by atoms with Crippen molar-refractivity contribution < 1.29 is 4.79 Å². The summed E-state index contributed by atoms with van der Waals surface area (Å²) in [5, 5.41) is 4.42. The Morgan fingerprint density at radius 3 is 2.52 bits per heavy atom. The number of allylic oxidation sites excluding steroid dienone is 2. The van der Waals surface area contributed by atoms with Crippen LogP contribution in [0.1, 0.15) is 38.8 Å². The molecule has 0 aliphatic rings. The highest BCUT2D eigenvalue weighted by atomic mass is 16.1. The summed E-state index contributed by atoms with van der Waals surface area (Å²) >= 11 is 0. The van der Waals surface area contributed by atoms with E-state index in [9.17, 15) is 4.79 Å². The van der Waals surface area contributed by atoms with Gasteiger partial charge < -0.3 is 0 Å². The molecular weight excluding hydrogens is 260 g/mol. The number of ketones is 1. The highest BCUT2D eigenvalue weighted by molar-refractivity contribution is 6.01. The Balaban J connectivity index is 2.44. The van der Waals surface area contributed by atoms with Gasteiger partial charge in [-0.05, 0) is 50.0 Å². The number of rotatable bonds is 4. The van der Waals surface area contributed by atoms with E-state index in [4.69, 9.17) is 0 Å². The van der Waals surface area contributed by atoms with Crippen LogP contribution in [0.5, 0.6) is 0 Å². The van der Waals surface area contributed by atoms with Crippen LogP contribution in [-0.4, -0.2) is 15.6 Å². The molecule has 2 aromatic rings. The summed E-state index contributed by atoms with van der Waals surface area (Å²) < 4.78 is 1.85. The molecule has 3 heteroatoms. The van der Waals surface area contributed by atoms with Crippen molar-refractivity contribution >= 4 is 11.4 Å². The number of aromatic nitrogens is 2. The molecule has 3 nitrogen and oxygen atoms in total. The van der Waals surface area contributed by atoms with E-state index in [1.807, 2.05) is 50.0 Å². The smallest absolute Gasteiger partial charge is 0.156 e. The van der Waals surface area contributed by atoms with Crippen molar-refractivity contribution in [2.75, 3.05) is 0 Å². The van der Waals surface area contributed by atoms with Crippen LogP contribution in [-0.2, 0) is 4.79 Å². The predicted molar refractivity (Wildman–Crippen MR) is 86.4 cm³/mol. The van der Waals surface area contributed by atoms with Gasteiger partial charge in [0.15, 0.2) is 5.78 Å². The quantitative estimate of drug-likeness (QED) is 0.788. The lowest BCUT2D eigenvalue weighted by molar-refractivity contribution is -0.113. The van der Waals surface area contributed by atoms with Crippen LogP contribution in [0.3, 0.4) is 0 Å². The van der Waals surface area contributed by atoms with Crippen LogP contribution in [0.15, 0.2) is 42.2 Å². The number of hydrogen-bond acceptors (Lipinski definition) is 2. The summed E-state index contributed by atoms with van der Waals surface area (Å²) in [6, 6.07) is 8.19. The number of hydrogen-bond donors (Lipinski definition) is 0. The fourth-order valence-electron chi connectivity index (χ4n) is 2.69. The van der Waals surface area contributed by atoms with E-state index in [-0.39, 0.29) is 11.7 Å². The minimum Gasteiger partial charge on any atom is -0.295 e. The Hall–Kier alpha value is -2.16. The molecule has 0 atom stereocenters. The SMILES string of the molecule is CC(=O)C(=C(C)c1cnn(-c2cccc(C)c2)c1)C(C)C. The van der Waals surface area contributed by atoms with Crippen molar-refractivity contribution in [2.45, 2.75) is 34.6 Å². The molecule has 0 bridgehead atoms. The van der Waals surface area contributed by atoms with Gasteiger partial charge in [0, 0.05) is 17.3 Å². The molecule has 1 aromatic carbocycles. The molecule has 21 heavy (non-hydrogen) atoms. The molecule has 0 aliphatic carbocycles. The normalized spacial score (nSPS) is 12.5. The van der Waals surface area contributed by atoms with Crippen LogP contribution in [0.2, 0.25) is 0 Å².